The number of rotatable bonds is 8. The third-order valence-electron chi connectivity index (χ3n) is 4.69. The second kappa shape index (κ2) is 8.05. The highest BCUT2D eigenvalue weighted by Gasteiger charge is 2.08. The van der Waals surface area contributed by atoms with Crippen LogP contribution in [0, 0.1) is 0 Å². The van der Waals surface area contributed by atoms with Gasteiger partial charge in [0.2, 0.25) is 0 Å². The Morgan fingerprint density at radius 2 is 1.96 bits per heavy atom. The van der Waals surface area contributed by atoms with Gasteiger partial charge in [0.25, 0.3) is 0 Å². The first-order valence-corrected chi connectivity index (χ1v) is 9.12. The molecular formula is C21H23N5O. The molecule has 2 aromatic carbocycles. The molecule has 0 aliphatic heterocycles. The molecule has 0 saturated heterocycles. The maximum absolute atomic E-state index is 5.22. The minimum Gasteiger partial charge on any atom is -0.497 e. The van der Waals surface area contributed by atoms with Gasteiger partial charge in [-0.05, 0) is 49.4 Å². The number of ether oxygens (including phenoxy) is 1. The molecule has 2 N–H and O–H groups in total. The molecule has 0 fully saturated rings. The van der Waals surface area contributed by atoms with Crippen molar-refractivity contribution in [1.82, 2.24) is 25.1 Å². The maximum atomic E-state index is 5.22. The van der Waals surface area contributed by atoms with E-state index < -0.39 is 0 Å². The van der Waals surface area contributed by atoms with Crippen molar-refractivity contribution in [3.8, 4) is 17.0 Å². The van der Waals surface area contributed by atoms with Crippen LogP contribution in [0.25, 0.3) is 22.3 Å². The summed E-state index contributed by atoms with van der Waals surface area (Å²) in [6, 6.07) is 16.2. The van der Waals surface area contributed by atoms with Crippen molar-refractivity contribution in [2.45, 2.75) is 19.5 Å². The Hall–Kier alpha value is -3.12. The summed E-state index contributed by atoms with van der Waals surface area (Å²) in [7, 11) is 1.67. The quantitative estimate of drug-likeness (QED) is 0.471. The van der Waals surface area contributed by atoms with Gasteiger partial charge < -0.3 is 14.6 Å². The maximum Gasteiger partial charge on any atom is 0.118 e. The first-order chi connectivity index (χ1) is 13.3. The van der Waals surface area contributed by atoms with E-state index >= 15 is 0 Å². The lowest BCUT2D eigenvalue weighted by Crippen LogP contribution is -2.16. The van der Waals surface area contributed by atoms with Crippen molar-refractivity contribution in [2.24, 2.45) is 0 Å². The molecule has 6 heteroatoms. The predicted molar refractivity (Wildman–Crippen MR) is 107 cm³/mol. The molecule has 0 aliphatic rings. The van der Waals surface area contributed by atoms with Gasteiger partial charge >= 0.3 is 0 Å². The minimum absolute atomic E-state index is 0.780. The van der Waals surface area contributed by atoms with Gasteiger partial charge in [0.1, 0.15) is 5.75 Å². The van der Waals surface area contributed by atoms with Crippen molar-refractivity contribution in [2.75, 3.05) is 13.7 Å². The predicted octanol–water partition coefficient (Wildman–Crippen LogP) is 3.61. The number of aromatic amines is 1. The molecule has 0 radical (unpaired) electrons. The number of imidazole rings is 1. The Bertz CT molecular complexity index is 1000. The minimum atomic E-state index is 0.780. The standard InChI is InChI=1S/C21H23N5O/c1-27-18-9-7-16(8-10-18)21-17(14-24-25-21)13-22-11-4-12-26-15-23-19-5-2-3-6-20(19)26/h2-3,5-10,14-15,22H,4,11-13H2,1H3,(H,24,25). The third kappa shape index (κ3) is 3.85. The Morgan fingerprint density at radius 1 is 1.11 bits per heavy atom. The number of aryl methyl sites for hydroxylation is 1. The molecule has 0 bridgehead atoms. The van der Waals surface area contributed by atoms with Gasteiger partial charge in [-0.15, -0.1) is 0 Å². The van der Waals surface area contributed by atoms with E-state index in [4.69, 9.17) is 4.74 Å². The van der Waals surface area contributed by atoms with E-state index in [9.17, 15) is 0 Å². The van der Waals surface area contributed by atoms with Gasteiger partial charge in [-0.3, -0.25) is 5.10 Å². The Morgan fingerprint density at radius 3 is 2.81 bits per heavy atom. The van der Waals surface area contributed by atoms with Crippen LogP contribution in [0.3, 0.4) is 0 Å². The third-order valence-corrected chi connectivity index (χ3v) is 4.69. The average Bonchev–Trinajstić information content (AvgIpc) is 3.35. The lowest BCUT2D eigenvalue weighted by molar-refractivity contribution is 0.415. The summed E-state index contributed by atoms with van der Waals surface area (Å²) in [6.45, 7) is 2.66. The molecule has 2 aromatic heterocycles. The summed E-state index contributed by atoms with van der Waals surface area (Å²) in [5.41, 5.74) is 5.55. The zero-order chi connectivity index (χ0) is 18.5. The Kier molecular flexibility index (Phi) is 5.16. The van der Waals surface area contributed by atoms with Gasteiger partial charge in [-0.25, -0.2) is 4.98 Å². The Balaban J connectivity index is 1.30. The monoisotopic (exact) mass is 361 g/mol. The van der Waals surface area contributed by atoms with Gasteiger partial charge in [0.15, 0.2) is 0 Å². The summed E-state index contributed by atoms with van der Waals surface area (Å²) in [5.74, 6) is 0.852. The lowest BCUT2D eigenvalue weighted by atomic mass is 10.1. The molecule has 4 aromatic rings. The van der Waals surface area contributed by atoms with E-state index in [1.165, 1.54) is 5.52 Å². The van der Waals surface area contributed by atoms with E-state index in [2.05, 4.69) is 37.2 Å². The first kappa shape index (κ1) is 17.3. The van der Waals surface area contributed by atoms with Crippen LogP contribution in [0.2, 0.25) is 0 Å². The van der Waals surface area contributed by atoms with Crippen LogP contribution in [-0.4, -0.2) is 33.4 Å². The molecule has 6 nitrogen and oxygen atoms in total. The topological polar surface area (TPSA) is 67.8 Å². The molecule has 0 atom stereocenters. The van der Waals surface area contributed by atoms with E-state index in [0.29, 0.717) is 0 Å². The lowest BCUT2D eigenvalue weighted by Gasteiger charge is -2.08. The number of fused-ring (bicyclic) bond motifs is 1. The zero-order valence-corrected chi connectivity index (χ0v) is 15.4. The molecule has 27 heavy (non-hydrogen) atoms. The van der Waals surface area contributed by atoms with Crippen molar-refractivity contribution in [3.05, 3.63) is 66.6 Å². The zero-order valence-electron chi connectivity index (χ0n) is 15.4. The fraction of sp³-hybridized carbons (Fsp3) is 0.238. The van der Waals surface area contributed by atoms with E-state index in [1.807, 2.05) is 48.9 Å². The molecule has 138 valence electrons. The van der Waals surface area contributed by atoms with E-state index in [1.54, 1.807) is 7.11 Å². The van der Waals surface area contributed by atoms with Crippen LogP contribution in [0.5, 0.6) is 5.75 Å². The largest absolute Gasteiger partial charge is 0.497 e. The number of H-pyrrole nitrogens is 1. The van der Waals surface area contributed by atoms with Crippen molar-refractivity contribution in [1.29, 1.82) is 0 Å². The van der Waals surface area contributed by atoms with Crippen molar-refractivity contribution >= 4 is 11.0 Å². The molecular weight excluding hydrogens is 338 g/mol. The van der Waals surface area contributed by atoms with Crippen LogP contribution in [0.4, 0.5) is 0 Å². The highest BCUT2D eigenvalue weighted by molar-refractivity contribution is 5.74. The summed E-state index contributed by atoms with van der Waals surface area (Å²) in [4.78, 5) is 4.44. The summed E-state index contributed by atoms with van der Waals surface area (Å²) in [5, 5.41) is 10.8. The van der Waals surface area contributed by atoms with Gasteiger partial charge in [0, 0.05) is 24.2 Å². The average molecular weight is 361 g/mol. The van der Waals surface area contributed by atoms with Crippen molar-refractivity contribution < 1.29 is 4.74 Å². The number of methoxy groups -OCH3 is 1. The molecule has 0 unspecified atom stereocenters. The number of hydrogen-bond acceptors (Lipinski definition) is 4. The fourth-order valence-corrected chi connectivity index (χ4v) is 3.24. The van der Waals surface area contributed by atoms with Crippen LogP contribution in [0.1, 0.15) is 12.0 Å². The van der Waals surface area contributed by atoms with Crippen molar-refractivity contribution in [3.63, 3.8) is 0 Å². The normalized spacial score (nSPS) is 11.1. The summed E-state index contributed by atoms with van der Waals surface area (Å²) < 4.78 is 7.43. The first-order valence-electron chi connectivity index (χ1n) is 9.12. The second-order valence-electron chi connectivity index (χ2n) is 6.46. The summed E-state index contributed by atoms with van der Waals surface area (Å²) in [6.07, 6.45) is 4.84. The number of para-hydroxylation sites is 2. The van der Waals surface area contributed by atoms with Gasteiger partial charge in [-0.2, -0.15) is 5.10 Å². The van der Waals surface area contributed by atoms with Crippen LogP contribution in [-0.2, 0) is 13.1 Å². The number of hydrogen-bond donors (Lipinski definition) is 2. The number of nitrogens with zero attached hydrogens (tertiary/aromatic N) is 3. The summed E-state index contributed by atoms with van der Waals surface area (Å²) >= 11 is 0. The molecule has 4 rings (SSSR count). The smallest absolute Gasteiger partial charge is 0.118 e. The molecule has 0 aliphatic carbocycles. The van der Waals surface area contributed by atoms with E-state index in [0.717, 1.165) is 54.1 Å². The van der Waals surface area contributed by atoms with Crippen LogP contribution in [0.15, 0.2) is 61.1 Å². The SMILES string of the molecule is COc1ccc(-c2[nH]ncc2CNCCCn2cnc3ccccc32)cc1. The van der Waals surface area contributed by atoms with Crippen LogP contribution >= 0.6 is 0 Å². The highest BCUT2D eigenvalue weighted by Crippen LogP contribution is 2.23. The van der Waals surface area contributed by atoms with Crippen LogP contribution < -0.4 is 10.1 Å². The highest BCUT2D eigenvalue weighted by atomic mass is 16.5. The fourth-order valence-electron chi connectivity index (χ4n) is 3.24. The molecule has 0 saturated carbocycles. The molecule has 0 spiro atoms. The van der Waals surface area contributed by atoms with E-state index in [-0.39, 0.29) is 0 Å². The number of benzene rings is 2. The molecule has 2 heterocycles. The second-order valence-corrected chi connectivity index (χ2v) is 6.46. The number of aromatic nitrogens is 4. The van der Waals surface area contributed by atoms with Gasteiger partial charge in [0.05, 0.1) is 36.4 Å². The number of nitrogens with one attached hydrogen (secondary N) is 2. The Labute approximate surface area is 158 Å². The molecule has 0 amide bonds. The van der Waals surface area contributed by atoms with Gasteiger partial charge in [-0.1, -0.05) is 12.1 Å².